The first-order valence-electron chi connectivity index (χ1n) is 1.57. The molecule has 0 aromatic heterocycles. The molecule has 3 nitrogen and oxygen atoms in total. The summed E-state index contributed by atoms with van der Waals surface area (Å²) in [5.74, 6) is -0.248. The van der Waals surface area contributed by atoms with Crippen LogP contribution >= 0.6 is 15.9 Å². The lowest BCUT2D eigenvalue weighted by atomic mass is 10.5. The van der Waals surface area contributed by atoms with Crippen molar-refractivity contribution in [3.63, 3.8) is 0 Å². The Bertz CT molecular complexity index is 90.9. The summed E-state index contributed by atoms with van der Waals surface area (Å²) in [6.45, 7) is 0. The fraction of sp³-hybridized carbons (Fsp3) is 0.333. The lowest BCUT2D eigenvalue weighted by Crippen LogP contribution is -1.98. The molecule has 0 unspecified atom stereocenters. The van der Waals surface area contributed by atoms with Gasteiger partial charge in [-0.05, 0) is 0 Å². The predicted octanol–water partition coefficient (Wildman–Crippen LogP) is 0.410. The number of halogens is 1. The number of ketones is 1. The number of hydrogen-bond acceptors (Lipinski definition) is 3. The molecule has 7 heavy (non-hydrogen) atoms. The number of nitrogens with zero attached hydrogens (tertiary/aromatic N) is 1. The van der Waals surface area contributed by atoms with Crippen molar-refractivity contribution in [2.45, 2.75) is 0 Å². The maximum absolute atomic E-state index is 10.1. The second kappa shape index (κ2) is 3.80. The average Bonchev–Trinajstić information content (AvgIpc) is 1.68. The van der Waals surface area contributed by atoms with E-state index in [4.69, 9.17) is 5.21 Å². The van der Waals surface area contributed by atoms with Crippen LogP contribution in [0.15, 0.2) is 5.16 Å². The summed E-state index contributed by atoms with van der Waals surface area (Å²) in [5, 5.41) is 10.4. The van der Waals surface area contributed by atoms with Gasteiger partial charge in [-0.1, -0.05) is 21.1 Å². The molecular formula is C3H4BrNO2. The third-order valence-electron chi connectivity index (χ3n) is 0.333. The highest BCUT2D eigenvalue weighted by Crippen LogP contribution is 1.76. The number of Topliss-reactive ketones (excluding diaryl/α,β-unsaturated/α-hetero) is 1. The Hall–Kier alpha value is -0.380. The van der Waals surface area contributed by atoms with Gasteiger partial charge in [-0.2, -0.15) is 0 Å². The molecule has 0 saturated carbocycles. The Morgan fingerprint density at radius 1 is 2.00 bits per heavy atom. The van der Waals surface area contributed by atoms with Crippen molar-refractivity contribution < 1.29 is 10.0 Å². The third-order valence-corrected chi connectivity index (χ3v) is 0.886. The smallest absolute Gasteiger partial charge is 0.187 e. The molecule has 0 aliphatic heterocycles. The van der Waals surface area contributed by atoms with Gasteiger partial charge in [0.15, 0.2) is 5.78 Å². The van der Waals surface area contributed by atoms with Crippen molar-refractivity contribution in [3.8, 4) is 0 Å². The van der Waals surface area contributed by atoms with E-state index in [1.54, 1.807) is 0 Å². The molecule has 0 aliphatic carbocycles. The lowest BCUT2D eigenvalue weighted by molar-refractivity contribution is -0.110. The molecule has 0 heterocycles. The molecule has 0 rings (SSSR count). The molecule has 0 fully saturated rings. The van der Waals surface area contributed by atoms with Crippen molar-refractivity contribution >= 4 is 27.9 Å². The highest BCUT2D eigenvalue weighted by atomic mass is 79.9. The van der Waals surface area contributed by atoms with Crippen LogP contribution in [0, 0.1) is 0 Å². The first-order valence-corrected chi connectivity index (χ1v) is 2.69. The van der Waals surface area contributed by atoms with E-state index in [0.717, 1.165) is 6.21 Å². The van der Waals surface area contributed by atoms with Crippen LogP contribution in [0.2, 0.25) is 0 Å². The maximum atomic E-state index is 10.1. The molecule has 0 atom stereocenters. The minimum Gasteiger partial charge on any atom is -0.411 e. The van der Waals surface area contributed by atoms with Crippen LogP contribution in [0.5, 0.6) is 0 Å². The van der Waals surface area contributed by atoms with E-state index >= 15 is 0 Å². The lowest BCUT2D eigenvalue weighted by Gasteiger charge is -1.75. The molecule has 0 saturated heterocycles. The van der Waals surface area contributed by atoms with Crippen molar-refractivity contribution in [2.75, 3.05) is 5.33 Å². The van der Waals surface area contributed by atoms with E-state index in [1.165, 1.54) is 0 Å². The van der Waals surface area contributed by atoms with Crippen molar-refractivity contribution in [3.05, 3.63) is 0 Å². The van der Waals surface area contributed by atoms with Gasteiger partial charge < -0.3 is 5.21 Å². The first-order chi connectivity index (χ1) is 3.31. The summed E-state index contributed by atoms with van der Waals surface area (Å²) < 4.78 is 0. The molecule has 0 aromatic rings. The monoisotopic (exact) mass is 165 g/mol. The number of rotatable bonds is 2. The molecular weight excluding hydrogens is 162 g/mol. The number of oxime groups is 1. The average molecular weight is 166 g/mol. The number of hydrogen-bond donors (Lipinski definition) is 1. The summed E-state index contributed by atoms with van der Waals surface area (Å²) in [4.78, 5) is 10.1. The minimum absolute atomic E-state index is 0.205. The van der Waals surface area contributed by atoms with E-state index < -0.39 is 0 Å². The van der Waals surface area contributed by atoms with Gasteiger partial charge in [-0.3, -0.25) is 4.79 Å². The molecule has 0 spiro atoms. The molecule has 40 valence electrons. The van der Waals surface area contributed by atoms with Crippen LogP contribution in [0.3, 0.4) is 0 Å². The Labute approximate surface area is 49.1 Å². The van der Waals surface area contributed by atoms with E-state index in [1.807, 2.05) is 0 Å². The zero-order valence-electron chi connectivity index (χ0n) is 3.47. The summed E-state index contributed by atoms with van der Waals surface area (Å²) in [7, 11) is 0. The normalized spacial score (nSPS) is 9.86. The fourth-order valence-corrected chi connectivity index (χ4v) is 0.244. The molecule has 0 aliphatic rings. The highest BCUT2D eigenvalue weighted by molar-refractivity contribution is 9.09. The molecule has 0 amide bonds. The molecule has 1 N–H and O–H groups in total. The summed E-state index contributed by atoms with van der Waals surface area (Å²) >= 11 is 2.86. The van der Waals surface area contributed by atoms with Crippen LogP contribution in [0.4, 0.5) is 0 Å². The Balaban J connectivity index is 3.37. The van der Waals surface area contributed by atoms with Gasteiger partial charge >= 0.3 is 0 Å². The molecule has 0 radical (unpaired) electrons. The second-order valence-corrected chi connectivity index (χ2v) is 1.41. The van der Waals surface area contributed by atoms with E-state index in [2.05, 4.69) is 21.1 Å². The highest BCUT2D eigenvalue weighted by Gasteiger charge is 1.88. The minimum atomic E-state index is -0.248. The van der Waals surface area contributed by atoms with Gasteiger partial charge in [-0.15, -0.1) is 0 Å². The topological polar surface area (TPSA) is 49.7 Å². The maximum Gasteiger partial charge on any atom is 0.187 e. The quantitative estimate of drug-likeness (QED) is 0.279. The van der Waals surface area contributed by atoms with Gasteiger partial charge in [0, 0.05) is 0 Å². The third kappa shape index (κ3) is 3.45. The number of alkyl halides is 1. The van der Waals surface area contributed by atoms with Gasteiger partial charge in [0.1, 0.15) is 6.21 Å². The molecule has 0 bridgehead atoms. The van der Waals surface area contributed by atoms with Crippen LogP contribution < -0.4 is 0 Å². The van der Waals surface area contributed by atoms with Gasteiger partial charge in [0.25, 0.3) is 0 Å². The molecule has 4 heteroatoms. The van der Waals surface area contributed by atoms with Crippen molar-refractivity contribution in [1.82, 2.24) is 0 Å². The van der Waals surface area contributed by atoms with E-state index in [-0.39, 0.29) is 11.1 Å². The van der Waals surface area contributed by atoms with Crippen LogP contribution in [-0.4, -0.2) is 22.5 Å². The SMILES string of the molecule is O=C(/C=N/O)CBr. The summed E-state index contributed by atoms with van der Waals surface area (Å²) in [6, 6.07) is 0. The predicted molar refractivity (Wildman–Crippen MR) is 29.1 cm³/mol. The van der Waals surface area contributed by atoms with Gasteiger partial charge in [0.2, 0.25) is 0 Å². The zero-order chi connectivity index (χ0) is 5.70. The van der Waals surface area contributed by atoms with Crippen molar-refractivity contribution in [2.24, 2.45) is 5.16 Å². The second-order valence-electron chi connectivity index (χ2n) is 0.845. The van der Waals surface area contributed by atoms with Gasteiger partial charge in [0.05, 0.1) is 5.33 Å². The van der Waals surface area contributed by atoms with Gasteiger partial charge in [-0.25, -0.2) is 0 Å². The Kier molecular flexibility index (Phi) is 3.59. The van der Waals surface area contributed by atoms with Crippen LogP contribution in [0.1, 0.15) is 0 Å². The largest absolute Gasteiger partial charge is 0.411 e. The Morgan fingerprint density at radius 2 is 2.57 bits per heavy atom. The fourth-order valence-electron chi connectivity index (χ4n) is 0.0989. The van der Waals surface area contributed by atoms with E-state index in [9.17, 15) is 4.79 Å². The summed E-state index contributed by atoms with van der Waals surface area (Å²) in [5.41, 5.74) is 0. The molecule has 0 aromatic carbocycles. The number of carbonyl (C=O) groups excluding carboxylic acids is 1. The van der Waals surface area contributed by atoms with Crippen LogP contribution in [-0.2, 0) is 4.79 Å². The van der Waals surface area contributed by atoms with Crippen molar-refractivity contribution in [1.29, 1.82) is 0 Å². The Morgan fingerprint density at radius 3 is 2.71 bits per heavy atom. The number of carbonyl (C=O) groups is 1. The zero-order valence-corrected chi connectivity index (χ0v) is 5.05. The van der Waals surface area contributed by atoms with Crippen LogP contribution in [0.25, 0.3) is 0 Å². The van der Waals surface area contributed by atoms with E-state index in [0.29, 0.717) is 0 Å². The standard InChI is InChI=1S/C3H4BrNO2/c4-1-3(6)2-5-7/h2,7H,1H2/b5-2+. The first kappa shape index (κ1) is 6.62. The summed E-state index contributed by atoms with van der Waals surface area (Å²) in [6.07, 6.45) is 0.842.